The van der Waals surface area contributed by atoms with Crippen LogP contribution in [0.3, 0.4) is 0 Å². The number of nitrogens with zero attached hydrogens (tertiary/aromatic N) is 1. The zero-order chi connectivity index (χ0) is 12.3. The number of hydrogen-bond donors (Lipinski definition) is 0. The molecule has 0 saturated heterocycles. The molecule has 0 aromatic heterocycles. The molecule has 2 rings (SSSR count). The number of hydrogen-bond acceptors (Lipinski definition) is 4. The molecule has 0 aliphatic heterocycles. The second-order valence-corrected chi connectivity index (χ2v) is 4.08. The van der Waals surface area contributed by atoms with Crippen LogP contribution >= 0.6 is 0 Å². The molecule has 0 spiro atoms. The van der Waals surface area contributed by atoms with E-state index in [2.05, 4.69) is 4.99 Å². The van der Waals surface area contributed by atoms with Crippen molar-refractivity contribution < 1.29 is 14.3 Å². The Labute approximate surface area is 100 Å². The van der Waals surface area contributed by atoms with Gasteiger partial charge in [0.25, 0.3) is 0 Å². The summed E-state index contributed by atoms with van der Waals surface area (Å²) in [6.45, 7) is 0. The summed E-state index contributed by atoms with van der Waals surface area (Å²) in [5.74, 6) is 1.63. The first kappa shape index (κ1) is 11.7. The minimum atomic E-state index is 0.0387. The van der Waals surface area contributed by atoms with Gasteiger partial charge in [0.15, 0.2) is 0 Å². The molecule has 90 valence electrons. The van der Waals surface area contributed by atoms with E-state index in [1.54, 1.807) is 20.3 Å². The lowest BCUT2D eigenvalue weighted by atomic mass is 9.88. The highest BCUT2D eigenvalue weighted by atomic mass is 16.5. The highest BCUT2D eigenvalue weighted by molar-refractivity contribution is 5.48. The molecule has 0 fully saturated rings. The quantitative estimate of drug-likeness (QED) is 0.591. The third-order valence-electron chi connectivity index (χ3n) is 3.15. The SMILES string of the molecule is COc1cc2c(c(OC)c1)CC[C@@H](N=C=O)C2. The van der Waals surface area contributed by atoms with Crippen LogP contribution in [-0.2, 0) is 17.6 Å². The van der Waals surface area contributed by atoms with Gasteiger partial charge in [-0.1, -0.05) is 0 Å². The van der Waals surface area contributed by atoms with Gasteiger partial charge in [0, 0.05) is 6.07 Å². The van der Waals surface area contributed by atoms with Crippen molar-refractivity contribution in [2.24, 2.45) is 4.99 Å². The fraction of sp³-hybridized carbons (Fsp3) is 0.462. The minimum absolute atomic E-state index is 0.0387. The molecule has 0 saturated carbocycles. The maximum Gasteiger partial charge on any atom is 0.235 e. The molecule has 1 aromatic rings. The fourth-order valence-corrected chi connectivity index (χ4v) is 2.29. The third-order valence-corrected chi connectivity index (χ3v) is 3.15. The zero-order valence-corrected chi connectivity index (χ0v) is 10.0. The largest absolute Gasteiger partial charge is 0.497 e. The summed E-state index contributed by atoms with van der Waals surface area (Å²) >= 11 is 0. The highest BCUT2D eigenvalue weighted by Gasteiger charge is 2.22. The molecular weight excluding hydrogens is 218 g/mol. The summed E-state index contributed by atoms with van der Waals surface area (Å²) in [7, 11) is 3.29. The second-order valence-electron chi connectivity index (χ2n) is 4.08. The molecule has 0 amide bonds. The zero-order valence-electron chi connectivity index (χ0n) is 10.0. The Morgan fingerprint density at radius 3 is 2.82 bits per heavy atom. The van der Waals surface area contributed by atoms with Crippen LogP contribution in [0.15, 0.2) is 17.1 Å². The van der Waals surface area contributed by atoms with Crippen molar-refractivity contribution in [3.8, 4) is 11.5 Å². The number of aliphatic imine (C=N–C) groups is 1. The Balaban J connectivity index is 2.38. The molecule has 0 unspecified atom stereocenters. The Kier molecular flexibility index (Phi) is 3.45. The highest BCUT2D eigenvalue weighted by Crippen LogP contribution is 2.34. The third kappa shape index (κ3) is 2.32. The van der Waals surface area contributed by atoms with E-state index in [1.807, 2.05) is 12.1 Å². The van der Waals surface area contributed by atoms with Crippen molar-refractivity contribution in [2.45, 2.75) is 25.3 Å². The lowest BCUT2D eigenvalue weighted by Crippen LogP contribution is -2.18. The standard InChI is InChI=1S/C13H15NO3/c1-16-11-6-9-5-10(14-8-15)3-4-12(9)13(7-11)17-2/h6-7,10H,3-5H2,1-2H3/t10-/m1/s1. The van der Waals surface area contributed by atoms with E-state index < -0.39 is 0 Å². The smallest absolute Gasteiger partial charge is 0.235 e. The van der Waals surface area contributed by atoms with Crippen molar-refractivity contribution >= 4 is 6.08 Å². The van der Waals surface area contributed by atoms with Gasteiger partial charge in [-0.2, -0.15) is 0 Å². The van der Waals surface area contributed by atoms with Crippen LogP contribution in [0.4, 0.5) is 0 Å². The van der Waals surface area contributed by atoms with Gasteiger partial charge in [-0.05, 0) is 36.5 Å². The van der Waals surface area contributed by atoms with Gasteiger partial charge in [0.1, 0.15) is 11.5 Å². The van der Waals surface area contributed by atoms with Gasteiger partial charge in [-0.3, -0.25) is 0 Å². The summed E-state index contributed by atoms with van der Waals surface area (Å²) in [4.78, 5) is 14.1. The normalized spacial score (nSPS) is 17.9. The maximum atomic E-state index is 10.3. The van der Waals surface area contributed by atoms with E-state index >= 15 is 0 Å². The number of methoxy groups -OCH3 is 2. The molecular formula is C13H15NO3. The number of rotatable bonds is 3. The van der Waals surface area contributed by atoms with Gasteiger partial charge in [0.05, 0.1) is 20.3 Å². The second kappa shape index (κ2) is 5.02. The Hall–Kier alpha value is -1.80. The molecule has 0 radical (unpaired) electrons. The van der Waals surface area contributed by atoms with Crippen molar-refractivity contribution in [1.82, 2.24) is 0 Å². The van der Waals surface area contributed by atoms with Crippen LogP contribution in [0.1, 0.15) is 17.5 Å². The summed E-state index contributed by atoms with van der Waals surface area (Å²) < 4.78 is 10.6. The van der Waals surface area contributed by atoms with E-state index in [1.165, 1.54) is 5.56 Å². The van der Waals surface area contributed by atoms with Gasteiger partial charge in [0.2, 0.25) is 6.08 Å². The van der Waals surface area contributed by atoms with E-state index in [0.717, 1.165) is 36.3 Å². The molecule has 1 atom stereocenters. The summed E-state index contributed by atoms with van der Waals surface area (Å²) in [6, 6.07) is 3.92. The van der Waals surface area contributed by atoms with Crippen molar-refractivity contribution in [3.05, 3.63) is 23.3 Å². The van der Waals surface area contributed by atoms with Crippen molar-refractivity contribution in [1.29, 1.82) is 0 Å². The maximum absolute atomic E-state index is 10.3. The average Bonchev–Trinajstić information content (AvgIpc) is 2.37. The van der Waals surface area contributed by atoms with Gasteiger partial charge < -0.3 is 9.47 Å². The van der Waals surface area contributed by atoms with E-state index in [9.17, 15) is 4.79 Å². The van der Waals surface area contributed by atoms with E-state index in [-0.39, 0.29) is 6.04 Å². The lowest BCUT2D eigenvalue weighted by Gasteiger charge is -2.23. The predicted octanol–water partition coefficient (Wildman–Crippen LogP) is 1.90. The van der Waals surface area contributed by atoms with Gasteiger partial charge >= 0.3 is 0 Å². The fourth-order valence-electron chi connectivity index (χ4n) is 2.29. The number of fused-ring (bicyclic) bond motifs is 1. The van der Waals surface area contributed by atoms with E-state index in [4.69, 9.17) is 9.47 Å². The molecule has 0 bridgehead atoms. The van der Waals surface area contributed by atoms with Crippen LogP contribution in [0, 0.1) is 0 Å². The summed E-state index contributed by atoms with van der Waals surface area (Å²) in [5.41, 5.74) is 2.35. The topological polar surface area (TPSA) is 47.9 Å². The number of benzene rings is 1. The minimum Gasteiger partial charge on any atom is -0.497 e. The van der Waals surface area contributed by atoms with Crippen LogP contribution in [0.5, 0.6) is 11.5 Å². The molecule has 17 heavy (non-hydrogen) atoms. The van der Waals surface area contributed by atoms with Crippen LogP contribution in [-0.4, -0.2) is 26.3 Å². The summed E-state index contributed by atoms with van der Waals surface area (Å²) in [6.07, 6.45) is 4.13. The number of carbonyl (C=O) groups excluding carboxylic acids is 1. The van der Waals surface area contributed by atoms with Gasteiger partial charge in [-0.25, -0.2) is 9.79 Å². The first-order chi connectivity index (χ1) is 8.28. The first-order valence-corrected chi connectivity index (χ1v) is 5.59. The van der Waals surface area contributed by atoms with Crippen LogP contribution in [0.2, 0.25) is 0 Å². The Bertz CT molecular complexity index is 464. The lowest BCUT2D eigenvalue weighted by molar-refractivity contribution is 0.386. The number of isocyanates is 1. The average molecular weight is 233 g/mol. The molecule has 4 nitrogen and oxygen atoms in total. The van der Waals surface area contributed by atoms with Crippen LogP contribution in [0.25, 0.3) is 0 Å². The predicted molar refractivity (Wildman–Crippen MR) is 63.5 cm³/mol. The number of ether oxygens (including phenoxy) is 2. The molecule has 0 N–H and O–H groups in total. The Morgan fingerprint density at radius 1 is 1.35 bits per heavy atom. The molecule has 1 aliphatic rings. The van der Waals surface area contributed by atoms with Crippen molar-refractivity contribution in [3.63, 3.8) is 0 Å². The van der Waals surface area contributed by atoms with Crippen molar-refractivity contribution in [2.75, 3.05) is 14.2 Å². The van der Waals surface area contributed by atoms with E-state index in [0.29, 0.717) is 0 Å². The molecule has 1 aromatic carbocycles. The summed E-state index contributed by atoms with van der Waals surface area (Å²) in [5, 5.41) is 0. The Morgan fingerprint density at radius 2 is 2.18 bits per heavy atom. The monoisotopic (exact) mass is 233 g/mol. The molecule has 1 aliphatic carbocycles. The first-order valence-electron chi connectivity index (χ1n) is 5.59. The van der Waals surface area contributed by atoms with Gasteiger partial charge in [-0.15, -0.1) is 0 Å². The molecule has 4 heteroatoms. The van der Waals surface area contributed by atoms with Crippen LogP contribution < -0.4 is 9.47 Å². The molecule has 0 heterocycles.